The summed E-state index contributed by atoms with van der Waals surface area (Å²) < 4.78 is 10.2. The Morgan fingerprint density at radius 3 is 2.56 bits per heavy atom. The Labute approximate surface area is 107 Å². The van der Waals surface area contributed by atoms with E-state index in [4.69, 9.17) is 9.47 Å². The van der Waals surface area contributed by atoms with E-state index < -0.39 is 0 Å². The maximum Gasteiger partial charge on any atom is 0.315 e. The Bertz CT molecular complexity index is 352. The molecular formula is C13H20N2O3. The van der Waals surface area contributed by atoms with Crippen LogP contribution in [-0.4, -0.2) is 32.9 Å². The fourth-order valence-corrected chi connectivity index (χ4v) is 1.38. The van der Waals surface area contributed by atoms with Crippen molar-refractivity contribution in [1.29, 1.82) is 0 Å². The molecule has 5 nitrogen and oxygen atoms in total. The first-order chi connectivity index (χ1) is 8.76. The highest BCUT2D eigenvalue weighted by atomic mass is 16.5. The number of hydrogen-bond donors (Lipinski definition) is 2. The molecule has 0 unspecified atom stereocenters. The lowest BCUT2D eigenvalue weighted by molar-refractivity contribution is 0.196. The van der Waals surface area contributed by atoms with Crippen LogP contribution in [0.15, 0.2) is 24.3 Å². The Hall–Kier alpha value is -1.75. The predicted octanol–water partition coefficient (Wildman–Crippen LogP) is 1.53. The number of amides is 2. The molecule has 0 atom stereocenters. The van der Waals surface area contributed by atoms with Gasteiger partial charge in [0.15, 0.2) is 0 Å². The van der Waals surface area contributed by atoms with Crippen LogP contribution < -0.4 is 15.4 Å². The molecule has 1 aromatic rings. The summed E-state index contributed by atoms with van der Waals surface area (Å²) in [6, 6.07) is 7.45. The van der Waals surface area contributed by atoms with Gasteiger partial charge in [-0.2, -0.15) is 0 Å². The molecule has 0 aromatic heterocycles. The standard InChI is InChI=1S/C13H20N2O3/c1-3-18-12-6-4-11(5-7-12)10-15-13(16)14-8-9-17-2/h4-7H,3,8-10H2,1-2H3,(H2,14,15,16). The molecule has 0 aliphatic heterocycles. The Morgan fingerprint density at radius 1 is 1.22 bits per heavy atom. The molecule has 1 aromatic carbocycles. The van der Waals surface area contributed by atoms with Crippen molar-refractivity contribution in [3.05, 3.63) is 29.8 Å². The van der Waals surface area contributed by atoms with Gasteiger partial charge in [0.25, 0.3) is 0 Å². The van der Waals surface area contributed by atoms with Crippen LogP contribution in [0.1, 0.15) is 12.5 Å². The van der Waals surface area contributed by atoms with Crippen LogP contribution in [-0.2, 0) is 11.3 Å². The third-order valence-corrected chi connectivity index (χ3v) is 2.28. The highest BCUT2D eigenvalue weighted by Gasteiger charge is 2.00. The third kappa shape index (κ3) is 5.54. The van der Waals surface area contributed by atoms with Gasteiger partial charge in [-0.15, -0.1) is 0 Å². The van der Waals surface area contributed by atoms with E-state index in [9.17, 15) is 4.79 Å². The summed E-state index contributed by atoms with van der Waals surface area (Å²) in [5, 5.41) is 5.45. The van der Waals surface area contributed by atoms with Crippen molar-refractivity contribution >= 4 is 6.03 Å². The first-order valence-corrected chi connectivity index (χ1v) is 5.98. The van der Waals surface area contributed by atoms with Gasteiger partial charge in [0.1, 0.15) is 5.75 Å². The lowest BCUT2D eigenvalue weighted by Gasteiger charge is -2.08. The predicted molar refractivity (Wildman–Crippen MR) is 69.7 cm³/mol. The smallest absolute Gasteiger partial charge is 0.315 e. The Morgan fingerprint density at radius 2 is 1.94 bits per heavy atom. The van der Waals surface area contributed by atoms with Gasteiger partial charge in [0, 0.05) is 20.2 Å². The average Bonchev–Trinajstić information content (AvgIpc) is 2.39. The quantitative estimate of drug-likeness (QED) is 0.723. The van der Waals surface area contributed by atoms with E-state index in [0.717, 1.165) is 11.3 Å². The molecule has 0 aliphatic carbocycles. The molecule has 0 saturated carbocycles. The van der Waals surface area contributed by atoms with Crippen molar-refractivity contribution in [2.75, 3.05) is 26.9 Å². The Balaban J connectivity index is 2.27. The lowest BCUT2D eigenvalue weighted by atomic mass is 10.2. The molecular weight excluding hydrogens is 232 g/mol. The van der Waals surface area contributed by atoms with Gasteiger partial charge in [-0.25, -0.2) is 4.79 Å². The Kier molecular flexibility index (Phi) is 6.64. The summed E-state index contributed by atoms with van der Waals surface area (Å²) in [6.07, 6.45) is 0. The molecule has 18 heavy (non-hydrogen) atoms. The molecule has 0 bridgehead atoms. The molecule has 0 spiro atoms. The van der Waals surface area contributed by atoms with Crippen LogP contribution in [0.3, 0.4) is 0 Å². The largest absolute Gasteiger partial charge is 0.494 e. The minimum Gasteiger partial charge on any atom is -0.494 e. The zero-order valence-corrected chi connectivity index (χ0v) is 10.9. The molecule has 2 N–H and O–H groups in total. The highest BCUT2D eigenvalue weighted by Crippen LogP contribution is 2.11. The first kappa shape index (κ1) is 14.3. The van der Waals surface area contributed by atoms with E-state index in [1.807, 2.05) is 31.2 Å². The minimum absolute atomic E-state index is 0.194. The fourth-order valence-electron chi connectivity index (χ4n) is 1.38. The summed E-state index contributed by atoms with van der Waals surface area (Å²) in [6.45, 7) is 4.10. The van der Waals surface area contributed by atoms with Crippen LogP contribution in [0.4, 0.5) is 4.79 Å². The summed E-state index contributed by atoms with van der Waals surface area (Å²) in [5.41, 5.74) is 1.03. The topological polar surface area (TPSA) is 59.6 Å². The van der Waals surface area contributed by atoms with Gasteiger partial charge in [0.2, 0.25) is 0 Å². The van der Waals surface area contributed by atoms with Crippen molar-refractivity contribution < 1.29 is 14.3 Å². The molecule has 5 heteroatoms. The van der Waals surface area contributed by atoms with E-state index in [0.29, 0.717) is 26.3 Å². The van der Waals surface area contributed by atoms with Gasteiger partial charge in [-0.1, -0.05) is 12.1 Å². The lowest BCUT2D eigenvalue weighted by Crippen LogP contribution is -2.36. The second-order valence-electron chi connectivity index (χ2n) is 3.68. The monoisotopic (exact) mass is 252 g/mol. The second-order valence-corrected chi connectivity index (χ2v) is 3.68. The number of hydrogen-bond acceptors (Lipinski definition) is 3. The maximum absolute atomic E-state index is 11.4. The van der Waals surface area contributed by atoms with Crippen molar-refractivity contribution in [1.82, 2.24) is 10.6 Å². The second kappa shape index (κ2) is 8.36. The minimum atomic E-state index is -0.194. The van der Waals surface area contributed by atoms with Crippen molar-refractivity contribution in [2.24, 2.45) is 0 Å². The summed E-state index contributed by atoms with van der Waals surface area (Å²) >= 11 is 0. The van der Waals surface area contributed by atoms with Crippen LogP contribution in [0, 0.1) is 0 Å². The van der Waals surface area contributed by atoms with Gasteiger partial charge in [-0.05, 0) is 24.6 Å². The fraction of sp³-hybridized carbons (Fsp3) is 0.462. The summed E-state index contributed by atoms with van der Waals surface area (Å²) in [7, 11) is 1.60. The van der Waals surface area contributed by atoms with Crippen molar-refractivity contribution in [3.63, 3.8) is 0 Å². The van der Waals surface area contributed by atoms with Gasteiger partial charge >= 0.3 is 6.03 Å². The van der Waals surface area contributed by atoms with Crippen LogP contribution in [0.2, 0.25) is 0 Å². The molecule has 0 saturated heterocycles. The highest BCUT2D eigenvalue weighted by molar-refractivity contribution is 5.73. The number of methoxy groups -OCH3 is 1. The maximum atomic E-state index is 11.4. The number of rotatable bonds is 7. The van der Waals surface area contributed by atoms with Gasteiger partial charge in [-0.3, -0.25) is 0 Å². The normalized spacial score (nSPS) is 9.89. The zero-order chi connectivity index (χ0) is 13.2. The third-order valence-electron chi connectivity index (χ3n) is 2.28. The molecule has 2 amide bonds. The van der Waals surface area contributed by atoms with E-state index in [1.54, 1.807) is 7.11 Å². The van der Waals surface area contributed by atoms with Crippen molar-refractivity contribution in [3.8, 4) is 5.75 Å². The van der Waals surface area contributed by atoms with E-state index in [-0.39, 0.29) is 6.03 Å². The summed E-state index contributed by atoms with van der Waals surface area (Å²) in [5.74, 6) is 0.839. The summed E-state index contributed by atoms with van der Waals surface area (Å²) in [4.78, 5) is 11.4. The molecule has 0 aliphatic rings. The molecule has 1 rings (SSSR count). The van der Waals surface area contributed by atoms with Crippen molar-refractivity contribution in [2.45, 2.75) is 13.5 Å². The number of carbonyl (C=O) groups excluding carboxylic acids is 1. The van der Waals surface area contributed by atoms with Crippen LogP contribution in [0.25, 0.3) is 0 Å². The van der Waals surface area contributed by atoms with E-state index in [1.165, 1.54) is 0 Å². The van der Waals surface area contributed by atoms with Crippen LogP contribution >= 0.6 is 0 Å². The van der Waals surface area contributed by atoms with E-state index >= 15 is 0 Å². The SMILES string of the molecule is CCOc1ccc(CNC(=O)NCCOC)cc1. The van der Waals surface area contributed by atoms with E-state index in [2.05, 4.69) is 10.6 Å². The molecule has 0 heterocycles. The first-order valence-electron chi connectivity index (χ1n) is 5.98. The zero-order valence-electron chi connectivity index (χ0n) is 10.9. The number of nitrogens with one attached hydrogen (secondary N) is 2. The molecule has 0 fully saturated rings. The molecule has 100 valence electrons. The number of urea groups is 1. The van der Waals surface area contributed by atoms with Crippen LogP contribution in [0.5, 0.6) is 5.75 Å². The number of ether oxygens (including phenoxy) is 2. The van der Waals surface area contributed by atoms with Gasteiger partial charge < -0.3 is 20.1 Å². The van der Waals surface area contributed by atoms with Gasteiger partial charge in [0.05, 0.1) is 13.2 Å². The molecule has 0 radical (unpaired) electrons. The number of benzene rings is 1. The average molecular weight is 252 g/mol. The number of carbonyl (C=O) groups is 1.